The molecule has 0 aliphatic carbocycles. The van der Waals surface area contributed by atoms with E-state index in [1.807, 2.05) is 12.1 Å². The van der Waals surface area contributed by atoms with Gasteiger partial charge in [-0.3, -0.25) is 4.99 Å². The molecule has 5 heteroatoms. The Labute approximate surface area is 160 Å². The van der Waals surface area contributed by atoms with Crippen LogP contribution in [0.5, 0.6) is 0 Å². The highest BCUT2D eigenvalue weighted by Gasteiger charge is 2.34. The van der Waals surface area contributed by atoms with E-state index in [-0.39, 0.29) is 11.2 Å². The Balaban J connectivity index is 1.56. The zero-order valence-corrected chi connectivity index (χ0v) is 15.9. The second-order valence-corrected chi connectivity index (χ2v) is 6.99. The van der Waals surface area contributed by atoms with Crippen molar-refractivity contribution in [1.82, 2.24) is 10.6 Å². The minimum absolute atomic E-state index is 0.0636. The molecule has 27 heavy (non-hydrogen) atoms. The Morgan fingerprint density at radius 3 is 2.41 bits per heavy atom. The van der Waals surface area contributed by atoms with Crippen LogP contribution >= 0.6 is 0 Å². The largest absolute Gasteiger partial charge is 0.381 e. The molecular weight excluding hydrogens is 341 g/mol. The first kappa shape index (κ1) is 19.4. The van der Waals surface area contributed by atoms with Crippen LogP contribution in [-0.4, -0.2) is 39.3 Å². The van der Waals surface area contributed by atoms with Crippen molar-refractivity contribution in [2.24, 2.45) is 4.99 Å². The molecule has 144 valence electrons. The fourth-order valence-electron chi connectivity index (χ4n) is 3.57. The van der Waals surface area contributed by atoms with Crippen molar-refractivity contribution in [3.63, 3.8) is 0 Å². The number of hydrogen-bond acceptors (Lipinski definition) is 2. The zero-order valence-electron chi connectivity index (χ0n) is 15.9. The molecule has 4 nitrogen and oxygen atoms in total. The molecule has 0 spiro atoms. The topological polar surface area (TPSA) is 45.7 Å². The summed E-state index contributed by atoms with van der Waals surface area (Å²) in [5, 5.41) is 6.85. The van der Waals surface area contributed by atoms with Gasteiger partial charge in [0.15, 0.2) is 5.96 Å². The van der Waals surface area contributed by atoms with Crippen LogP contribution in [0.15, 0.2) is 59.6 Å². The summed E-state index contributed by atoms with van der Waals surface area (Å²) in [5.74, 6) is 0.589. The van der Waals surface area contributed by atoms with Crippen molar-refractivity contribution < 1.29 is 9.13 Å². The average Bonchev–Trinajstić information content (AvgIpc) is 2.73. The molecule has 0 radical (unpaired) electrons. The molecule has 2 aromatic carbocycles. The summed E-state index contributed by atoms with van der Waals surface area (Å²) >= 11 is 0. The normalized spacial score (nSPS) is 16.7. The highest BCUT2D eigenvalue weighted by molar-refractivity contribution is 5.79. The molecule has 1 aliphatic heterocycles. The Morgan fingerprint density at radius 2 is 1.74 bits per heavy atom. The number of benzene rings is 2. The van der Waals surface area contributed by atoms with E-state index in [9.17, 15) is 4.39 Å². The predicted octanol–water partition coefficient (Wildman–Crippen LogP) is 3.28. The minimum atomic E-state index is -0.202. The lowest BCUT2D eigenvalue weighted by molar-refractivity contribution is 0.0514. The Kier molecular flexibility index (Phi) is 6.82. The van der Waals surface area contributed by atoms with Crippen molar-refractivity contribution in [2.75, 3.05) is 33.4 Å². The number of nitrogens with zero attached hydrogens (tertiary/aromatic N) is 1. The molecule has 0 saturated carbocycles. The van der Waals surface area contributed by atoms with E-state index in [2.05, 4.69) is 46.0 Å². The first-order chi connectivity index (χ1) is 13.2. The Hall–Kier alpha value is -2.40. The molecule has 0 bridgehead atoms. The SMILES string of the molecule is CN=C(NCCc1ccc(F)cc1)NCC1(c2ccccc2)CCOCC1. The van der Waals surface area contributed by atoms with Crippen LogP contribution in [0.2, 0.25) is 0 Å². The summed E-state index contributed by atoms with van der Waals surface area (Å²) in [5.41, 5.74) is 2.51. The maximum atomic E-state index is 13.0. The summed E-state index contributed by atoms with van der Waals surface area (Å²) in [6.45, 7) is 3.13. The maximum absolute atomic E-state index is 13.0. The van der Waals surface area contributed by atoms with Gasteiger partial charge in [0, 0.05) is 38.8 Å². The second kappa shape index (κ2) is 9.51. The zero-order chi connectivity index (χ0) is 19.0. The Morgan fingerprint density at radius 1 is 1.04 bits per heavy atom. The van der Waals surface area contributed by atoms with Gasteiger partial charge >= 0.3 is 0 Å². The molecular formula is C22H28FN3O. The third-order valence-electron chi connectivity index (χ3n) is 5.27. The van der Waals surface area contributed by atoms with Gasteiger partial charge in [0.25, 0.3) is 0 Å². The van der Waals surface area contributed by atoms with Gasteiger partial charge in [0.1, 0.15) is 5.82 Å². The van der Waals surface area contributed by atoms with Gasteiger partial charge in [0.2, 0.25) is 0 Å². The first-order valence-corrected chi connectivity index (χ1v) is 9.54. The van der Waals surface area contributed by atoms with Crippen LogP contribution < -0.4 is 10.6 Å². The van der Waals surface area contributed by atoms with E-state index in [0.717, 1.165) is 57.1 Å². The quantitative estimate of drug-likeness (QED) is 0.607. The number of hydrogen-bond donors (Lipinski definition) is 2. The molecule has 0 atom stereocenters. The number of halogens is 1. The van der Waals surface area contributed by atoms with Crippen LogP contribution in [0, 0.1) is 5.82 Å². The lowest BCUT2D eigenvalue weighted by Crippen LogP contribution is -2.48. The average molecular weight is 369 g/mol. The first-order valence-electron chi connectivity index (χ1n) is 9.54. The molecule has 2 aromatic rings. The van der Waals surface area contributed by atoms with Crippen molar-refractivity contribution >= 4 is 5.96 Å². The molecule has 3 rings (SSSR count). The standard InChI is InChI=1S/C22H28FN3O/c1-24-21(25-14-11-18-7-9-20(23)10-8-18)26-17-22(12-15-27-16-13-22)19-5-3-2-4-6-19/h2-10H,11-17H2,1H3,(H2,24,25,26). The van der Waals surface area contributed by atoms with Crippen molar-refractivity contribution in [2.45, 2.75) is 24.7 Å². The lowest BCUT2D eigenvalue weighted by atomic mass is 9.74. The third kappa shape index (κ3) is 5.30. The summed E-state index contributed by atoms with van der Waals surface area (Å²) in [6, 6.07) is 17.3. The van der Waals surface area contributed by atoms with E-state index in [4.69, 9.17) is 4.74 Å². The van der Waals surface area contributed by atoms with E-state index >= 15 is 0 Å². The number of ether oxygens (including phenoxy) is 1. The second-order valence-electron chi connectivity index (χ2n) is 6.99. The van der Waals surface area contributed by atoms with Crippen molar-refractivity contribution in [3.8, 4) is 0 Å². The van der Waals surface area contributed by atoms with Crippen LogP contribution in [0.4, 0.5) is 4.39 Å². The highest BCUT2D eigenvalue weighted by Crippen LogP contribution is 2.34. The fourth-order valence-corrected chi connectivity index (χ4v) is 3.57. The molecule has 1 heterocycles. The molecule has 2 N–H and O–H groups in total. The van der Waals surface area contributed by atoms with Crippen LogP contribution in [-0.2, 0) is 16.6 Å². The highest BCUT2D eigenvalue weighted by atomic mass is 19.1. The third-order valence-corrected chi connectivity index (χ3v) is 5.27. The van der Waals surface area contributed by atoms with E-state index in [1.54, 1.807) is 7.05 Å². The van der Waals surface area contributed by atoms with Crippen molar-refractivity contribution in [1.29, 1.82) is 0 Å². The monoisotopic (exact) mass is 369 g/mol. The van der Waals surface area contributed by atoms with Gasteiger partial charge < -0.3 is 15.4 Å². The van der Waals surface area contributed by atoms with Crippen LogP contribution in [0.25, 0.3) is 0 Å². The number of guanidine groups is 1. The van der Waals surface area contributed by atoms with Crippen LogP contribution in [0.1, 0.15) is 24.0 Å². The van der Waals surface area contributed by atoms with Crippen LogP contribution in [0.3, 0.4) is 0 Å². The van der Waals surface area contributed by atoms with E-state index in [1.165, 1.54) is 17.7 Å². The molecule has 1 fully saturated rings. The minimum Gasteiger partial charge on any atom is -0.381 e. The number of aliphatic imine (C=N–C) groups is 1. The fraction of sp³-hybridized carbons (Fsp3) is 0.409. The molecule has 0 aromatic heterocycles. The molecule has 0 unspecified atom stereocenters. The maximum Gasteiger partial charge on any atom is 0.191 e. The molecule has 1 saturated heterocycles. The van der Waals surface area contributed by atoms with Crippen molar-refractivity contribution in [3.05, 3.63) is 71.5 Å². The number of nitrogens with one attached hydrogen (secondary N) is 2. The molecule has 0 amide bonds. The van der Waals surface area contributed by atoms with Gasteiger partial charge in [-0.05, 0) is 42.5 Å². The Bertz CT molecular complexity index is 725. The molecule has 1 aliphatic rings. The summed E-state index contributed by atoms with van der Waals surface area (Å²) < 4.78 is 18.6. The number of rotatable bonds is 6. The lowest BCUT2D eigenvalue weighted by Gasteiger charge is -2.38. The van der Waals surface area contributed by atoms with Gasteiger partial charge in [0.05, 0.1) is 0 Å². The summed E-state index contributed by atoms with van der Waals surface area (Å²) in [7, 11) is 1.78. The predicted molar refractivity (Wildman–Crippen MR) is 108 cm³/mol. The van der Waals surface area contributed by atoms with Gasteiger partial charge in [-0.25, -0.2) is 4.39 Å². The van der Waals surface area contributed by atoms with Gasteiger partial charge in [-0.15, -0.1) is 0 Å². The smallest absolute Gasteiger partial charge is 0.191 e. The summed E-state index contributed by atoms with van der Waals surface area (Å²) in [6.07, 6.45) is 2.81. The summed E-state index contributed by atoms with van der Waals surface area (Å²) in [4.78, 5) is 4.35. The van der Waals surface area contributed by atoms with E-state index in [0.29, 0.717) is 0 Å². The van der Waals surface area contributed by atoms with E-state index < -0.39 is 0 Å². The van der Waals surface area contributed by atoms with Gasteiger partial charge in [-0.2, -0.15) is 0 Å². The van der Waals surface area contributed by atoms with Gasteiger partial charge in [-0.1, -0.05) is 42.5 Å².